The van der Waals surface area contributed by atoms with E-state index in [0.717, 1.165) is 4.90 Å². The molecular weight excluding hydrogens is 126 g/mol. The van der Waals surface area contributed by atoms with Crippen molar-refractivity contribution in [3.8, 4) is 0 Å². The van der Waals surface area contributed by atoms with E-state index >= 15 is 0 Å². The van der Waals surface area contributed by atoms with Crippen molar-refractivity contribution in [2.45, 2.75) is 6.92 Å². The summed E-state index contributed by atoms with van der Waals surface area (Å²) in [6.45, 7) is 10.1. The summed E-state index contributed by atoms with van der Waals surface area (Å²) in [5, 5.41) is 0. The van der Waals surface area contributed by atoms with Gasteiger partial charge < -0.3 is 0 Å². The fraction of sp³-hybridized carbons (Fsp3) is 0.375. The van der Waals surface area contributed by atoms with Crippen LogP contribution in [-0.2, 0) is 4.79 Å². The third-order valence-corrected chi connectivity index (χ3v) is 1.28. The van der Waals surface area contributed by atoms with Gasteiger partial charge in [-0.3, -0.25) is 4.90 Å². The van der Waals surface area contributed by atoms with Crippen LogP contribution in [0.25, 0.3) is 0 Å². The number of carbonyl (C=O) groups is 1. The Morgan fingerprint density at radius 1 is 1.40 bits per heavy atom. The molecule has 0 radical (unpaired) electrons. The zero-order valence-electron chi connectivity index (χ0n) is 6.39. The minimum atomic E-state index is 0.139. The molecule has 0 heterocycles. The Hall–Kier alpha value is -0.890. The van der Waals surface area contributed by atoms with Gasteiger partial charge in [0.2, 0.25) is 0 Å². The molecule has 0 spiro atoms. The van der Waals surface area contributed by atoms with E-state index in [9.17, 15) is 4.79 Å². The third kappa shape index (κ3) is 3.20. The van der Waals surface area contributed by atoms with Crippen molar-refractivity contribution >= 4 is 5.91 Å². The third-order valence-electron chi connectivity index (χ3n) is 1.28. The summed E-state index contributed by atoms with van der Waals surface area (Å²) < 4.78 is 0. The van der Waals surface area contributed by atoms with Gasteiger partial charge in [0.05, 0.1) is 6.92 Å². The quantitative estimate of drug-likeness (QED) is 0.536. The number of carbonyl (C=O) groups excluding carboxylic acids is 1. The second-order valence-corrected chi connectivity index (χ2v) is 2.15. The van der Waals surface area contributed by atoms with Crippen LogP contribution in [0.5, 0.6) is 0 Å². The maximum absolute atomic E-state index is 10.8. The van der Waals surface area contributed by atoms with Crippen LogP contribution in [-0.4, -0.2) is 19.0 Å². The first-order valence-electron chi connectivity index (χ1n) is 3.29. The van der Waals surface area contributed by atoms with Gasteiger partial charge in [-0.2, -0.15) is 0 Å². The lowest BCUT2D eigenvalue weighted by Gasteiger charge is -2.09. The lowest BCUT2D eigenvalue weighted by molar-refractivity contribution is -0.806. The average molecular weight is 140 g/mol. The molecule has 10 heavy (non-hydrogen) atoms. The van der Waals surface area contributed by atoms with E-state index in [0.29, 0.717) is 13.1 Å². The molecule has 0 aromatic heterocycles. The van der Waals surface area contributed by atoms with Crippen LogP contribution in [0, 0.1) is 0 Å². The summed E-state index contributed by atoms with van der Waals surface area (Å²) in [6.07, 6.45) is 3.47. The Morgan fingerprint density at radius 2 is 1.80 bits per heavy atom. The van der Waals surface area contributed by atoms with E-state index in [4.69, 9.17) is 0 Å². The summed E-state index contributed by atoms with van der Waals surface area (Å²) >= 11 is 0. The molecule has 0 aromatic carbocycles. The highest BCUT2D eigenvalue weighted by Gasteiger charge is 2.08. The number of nitrogens with one attached hydrogen (secondary N) is 1. The zero-order chi connectivity index (χ0) is 7.98. The fourth-order valence-corrected chi connectivity index (χ4v) is 0.719. The Balaban J connectivity index is 3.83. The Morgan fingerprint density at radius 3 is 2.00 bits per heavy atom. The first kappa shape index (κ1) is 9.11. The molecule has 0 rings (SSSR count). The Bertz CT molecular complexity index is 130. The standard InChI is InChI=1S/C8H13NO/c1-4-6-9(7-5-2)8(3)10/h4-5H,1-2,6-7H2,3H3/p+1. The molecule has 2 nitrogen and oxygen atoms in total. The van der Waals surface area contributed by atoms with Crippen molar-refractivity contribution in [3.05, 3.63) is 25.3 Å². The van der Waals surface area contributed by atoms with Gasteiger partial charge >= 0.3 is 5.91 Å². The van der Waals surface area contributed by atoms with Gasteiger partial charge in [-0.1, -0.05) is 13.2 Å². The number of quaternary nitrogens is 1. The van der Waals surface area contributed by atoms with Crippen molar-refractivity contribution in [2.24, 2.45) is 0 Å². The van der Waals surface area contributed by atoms with Gasteiger partial charge in [0.15, 0.2) is 0 Å². The van der Waals surface area contributed by atoms with Crippen LogP contribution >= 0.6 is 0 Å². The van der Waals surface area contributed by atoms with Gasteiger partial charge in [-0.25, -0.2) is 4.79 Å². The summed E-state index contributed by atoms with van der Waals surface area (Å²) in [5.41, 5.74) is 0. The second kappa shape index (κ2) is 4.94. The number of amides is 1. The van der Waals surface area contributed by atoms with E-state index in [1.54, 1.807) is 19.1 Å². The van der Waals surface area contributed by atoms with E-state index in [1.807, 2.05) is 0 Å². The highest BCUT2D eigenvalue weighted by Crippen LogP contribution is 1.58. The molecule has 0 aliphatic heterocycles. The number of hydrogen-bond acceptors (Lipinski definition) is 1. The fourth-order valence-electron chi connectivity index (χ4n) is 0.719. The van der Waals surface area contributed by atoms with Crippen LogP contribution < -0.4 is 4.90 Å². The normalized spacial score (nSPS) is 9.40. The minimum absolute atomic E-state index is 0.139. The van der Waals surface area contributed by atoms with Gasteiger partial charge in [0, 0.05) is 0 Å². The lowest BCUT2D eigenvalue weighted by atomic mass is 10.4. The molecule has 0 aromatic rings. The van der Waals surface area contributed by atoms with Gasteiger partial charge in [0.1, 0.15) is 13.1 Å². The largest absolute Gasteiger partial charge is 0.309 e. The molecule has 0 saturated heterocycles. The van der Waals surface area contributed by atoms with E-state index in [-0.39, 0.29) is 5.91 Å². The summed E-state index contributed by atoms with van der Waals surface area (Å²) in [4.78, 5) is 11.7. The molecule has 0 aliphatic carbocycles. The summed E-state index contributed by atoms with van der Waals surface area (Å²) in [7, 11) is 0. The van der Waals surface area contributed by atoms with Crippen LogP contribution in [0.4, 0.5) is 0 Å². The van der Waals surface area contributed by atoms with Crippen molar-refractivity contribution < 1.29 is 9.69 Å². The van der Waals surface area contributed by atoms with Crippen molar-refractivity contribution in [3.63, 3.8) is 0 Å². The maximum Gasteiger partial charge on any atom is 0.309 e. The van der Waals surface area contributed by atoms with Crippen LogP contribution in [0.3, 0.4) is 0 Å². The molecule has 0 bridgehead atoms. The molecule has 56 valence electrons. The summed E-state index contributed by atoms with van der Waals surface area (Å²) in [5.74, 6) is 0.139. The highest BCUT2D eigenvalue weighted by molar-refractivity contribution is 5.63. The minimum Gasteiger partial charge on any atom is -0.266 e. The van der Waals surface area contributed by atoms with Crippen LogP contribution in [0.1, 0.15) is 6.92 Å². The van der Waals surface area contributed by atoms with Crippen LogP contribution in [0.2, 0.25) is 0 Å². The molecule has 0 fully saturated rings. The van der Waals surface area contributed by atoms with E-state index in [2.05, 4.69) is 13.2 Å². The number of rotatable bonds is 4. The molecule has 1 N–H and O–H groups in total. The molecule has 1 amide bonds. The van der Waals surface area contributed by atoms with Gasteiger partial charge in [-0.15, -0.1) is 0 Å². The molecule has 0 atom stereocenters. The predicted octanol–water partition coefficient (Wildman–Crippen LogP) is -0.210. The smallest absolute Gasteiger partial charge is 0.266 e. The van der Waals surface area contributed by atoms with Crippen molar-refractivity contribution in [1.82, 2.24) is 0 Å². The monoisotopic (exact) mass is 140 g/mol. The Kier molecular flexibility index (Phi) is 4.50. The zero-order valence-corrected chi connectivity index (χ0v) is 6.39. The van der Waals surface area contributed by atoms with E-state index in [1.165, 1.54) is 0 Å². The van der Waals surface area contributed by atoms with Crippen LogP contribution in [0.15, 0.2) is 25.3 Å². The number of hydrogen-bond donors (Lipinski definition) is 1. The average Bonchev–Trinajstić information content (AvgIpc) is 1.87. The topological polar surface area (TPSA) is 21.5 Å². The molecule has 0 unspecified atom stereocenters. The van der Waals surface area contributed by atoms with E-state index < -0.39 is 0 Å². The molecule has 0 aliphatic rings. The second-order valence-electron chi connectivity index (χ2n) is 2.15. The Labute approximate surface area is 61.8 Å². The van der Waals surface area contributed by atoms with Crippen molar-refractivity contribution in [2.75, 3.05) is 13.1 Å². The van der Waals surface area contributed by atoms with Gasteiger partial charge in [-0.05, 0) is 12.2 Å². The van der Waals surface area contributed by atoms with Crippen molar-refractivity contribution in [1.29, 1.82) is 0 Å². The predicted molar refractivity (Wildman–Crippen MR) is 41.8 cm³/mol. The molecular formula is C8H14NO+. The van der Waals surface area contributed by atoms with Gasteiger partial charge in [0.25, 0.3) is 0 Å². The first-order chi connectivity index (χ1) is 4.72. The maximum atomic E-state index is 10.8. The summed E-state index contributed by atoms with van der Waals surface area (Å²) in [6, 6.07) is 0. The highest BCUT2D eigenvalue weighted by atomic mass is 16.2. The molecule has 2 heteroatoms. The molecule has 0 saturated carbocycles. The lowest BCUT2D eigenvalue weighted by Crippen LogP contribution is -3.13. The SMILES string of the molecule is C=CC[NH+](CC=C)C(C)=O. The first-order valence-corrected chi connectivity index (χ1v) is 3.29.